The summed E-state index contributed by atoms with van der Waals surface area (Å²) in [5, 5.41) is 35.3. The number of phenolic OH excluding ortho intramolecular Hbond substituents is 1. The van der Waals surface area contributed by atoms with Crippen molar-refractivity contribution in [2.75, 3.05) is 6.61 Å². The number of aromatic hydroxyl groups is 1. The molecule has 7 nitrogen and oxygen atoms in total. The van der Waals surface area contributed by atoms with E-state index in [0.717, 1.165) is 16.7 Å². The van der Waals surface area contributed by atoms with Crippen LogP contribution in [0.1, 0.15) is 96.4 Å². The number of esters is 1. The molecule has 0 amide bonds. The van der Waals surface area contributed by atoms with Crippen molar-refractivity contribution in [2.45, 2.75) is 92.6 Å². The van der Waals surface area contributed by atoms with Gasteiger partial charge in [-0.1, -0.05) is 59.8 Å². The second kappa shape index (κ2) is 9.72. The van der Waals surface area contributed by atoms with Crippen molar-refractivity contribution in [3.05, 3.63) is 57.2 Å². The summed E-state index contributed by atoms with van der Waals surface area (Å²) in [6, 6.07) is 1.80. The summed E-state index contributed by atoms with van der Waals surface area (Å²) in [7, 11) is 0. The summed E-state index contributed by atoms with van der Waals surface area (Å²) in [5.41, 5.74) is -0.768. The molecule has 7 heteroatoms. The van der Waals surface area contributed by atoms with Crippen LogP contribution in [0.25, 0.3) is 5.76 Å². The van der Waals surface area contributed by atoms with Crippen LogP contribution in [0.4, 0.5) is 0 Å². The third-order valence-corrected chi connectivity index (χ3v) is 9.08. The van der Waals surface area contributed by atoms with Gasteiger partial charge >= 0.3 is 5.97 Å². The number of carbonyl (C=O) groups is 3. The van der Waals surface area contributed by atoms with Gasteiger partial charge in [0.15, 0.2) is 17.2 Å². The molecule has 0 aromatic heterocycles. The highest BCUT2D eigenvalue weighted by molar-refractivity contribution is 6.14. The lowest BCUT2D eigenvalue weighted by atomic mass is 9.46. The second-order valence-corrected chi connectivity index (χ2v) is 13.3. The number of fused-ring (bicyclic) bond motifs is 3. The third-order valence-electron chi connectivity index (χ3n) is 9.08. The molecule has 0 unspecified atom stereocenters. The molecule has 3 aliphatic rings. The Hall–Kier alpha value is -3.19. The maximum Gasteiger partial charge on any atom is 0.310 e. The maximum absolute atomic E-state index is 14.4. The van der Waals surface area contributed by atoms with Gasteiger partial charge in [0, 0.05) is 27.5 Å². The van der Waals surface area contributed by atoms with Crippen molar-refractivity contribution in [2.24, 2.45) is 16.7 Å². The molecular weight excluding hydrogens is 508 g/mol. The Labute approximate surface area is 236 Å². The Morgan fingerprint density at radius 3 is 2.30 bits per heavy atom. The number of ketones is 2. The smallest absolute Gasteiger partial charge is 0.310 e. The van der Waals surface area contributed by atoms with E-state index < -0.39 is 33.9 Å². The zero-order chi connectivity index (χ0) is 30.1. The summed E-state index contributed by atoms with van der Waals surface area (Å²) in [4.78, 5) is 39.4. The number of rotatable bonds is 6. The van der Waals surface area contributed by atoms with E-state index in [9.17, 15) is 29.7 Å². The first kappa shape index (κ1) is 29.8. The van der Waals surface area contributed by atoms with Gasteiger partial charge in [0.25, 0.3) is 0 Å². The highest BCUT2D eigenvalue weighted by Crippen LogP contribution is 2.64. The van der Waals surface area contributed by atoms with Gasteiger partial charge in [-0.05, 0) is 61.6 Å². The lowest BCUT2D eigenvalue weighted by Crippen LogP contribution is -2.64. The van der Waals surface area contributed by atoms with Crippen LogP contribution in [0.15, 0.2) is 34.9 Å². The van der Waals surface area contributed by atoms with E-state index in [1.165, 1.54) is 6.92 Å². The molecule has 216 valence electrons. The van der Waals surface area contributed by atoms with Gasteiger partial charge in [-0.25, -0.2) is 0 Å². The normalized spacial score (nSPS) is 28.1. The van der Waals surface area contributed by atoms with Gasteiger partial charge in [-0.15, -0.1) is 0 Å². The number of Topliss-reactive ketones (excluding diaryl/α,β-unsaturated/α-hetero) is 2. The molecule has 0 spiro atoms. The summed E-state index contributed by atoms with van der Waals surface area (Å²) < 4.78 is 5.33. The summed E-state index contributed by atoms with van der Waals surface area (Å²) in [5.74, 6) is -1.99. The Balaban J connectivity index is 1.93. The zero-order valence-electron chi connectivity index (χ0n) is 24.9. The van der Waals surface area contributed by atoms with Crippen molar-refractivity contribution in [1.29, 1.82) is 0 Å². The molecule has 1 aromatic rings. The number of phenols is 1. The third kappa shape index (κ3) is 4.25. The molecule has 0 radical (unpaired) electrons. The number of aliphatic hydroxyl groups excluding tert-OH is 1. The molecular formula is C33H42O7. The second-order valence-electron chi connectivity index (χ2n) is 13.3. The van der Waals surface area contributed by atoms with Crippen LogP contribution in [-0.4, -0.2) is 45.1 Å². The molecule has 1 fully saturated rings. The van der Waals surface area contributed by atoms with Crippen LogP contribution in [0.3, 0.4) is 0 Å². The molecule has 0 aliphatic heterocycles. The standard InChI is InChI=1S/C33H42O7/c1-16(2)14-40-24(35)11-21-10-22(17(3)4)23-13-31(8)15-32(9)12-18(5)25(20(7)34)19(6)33(32,39)30(38)27(31)29(37)26(23)28(21)36/h10,16-17,36-37,39H,6,11-15H2,1-5,7-9H3/t31-,32+,33+/m1/s1. The Bertz CT molecular complexity index is 1410. The topological polar surface area (TPSA) is 121 Å². The predicted molar refractivity (Wildman–Crippen MR) is 153 cm³/mol. The molecule has 3 aliphatic carbocycles. The first-order valence-electron chi connectivity index (χ1n) is 14.0. The van der Waals surface area contributed by atoms with Gasteiger partial charge in [0.05, 0.1) is 18.6 Å². The fraction of sp³-hybridized carbons (Fsp3) is 0.545. The number of carbonyl (C=O) groups excluding carboxylic acids is 3. The van der Waals surface area contributed by atoms with E-state index in [2.05, 4.69) is 6.58 Å². The molecule has 3 atom stereocenters. The minimum Gasteiger partial charge on any atom is -0.507 e. The number of benzene rings is 1. The number of hydrogen-bond acceptors (Lipinski definition) is 7. The fourth-order valence-corrected chi connectivity index (χ4v) is 7.54. The molecule has 3 N–H and O–H groups in total. The minimum absolute atomic E-state index is 0.00214. The molecule has 1 saturated carbocycles. The van der Waals surface area contributed by atoms with Gasteiger partial charge in [0.2, 0.25) is 0 Å². The average Bonchev–Trinajstić information content (AvgIpc) is 2.81. The number of aliphatic hydroxyl groups is 2. The van der Waals surface area contributed by atoms with E-state index in [0.29, 0.717) is 24.8 Å². The van der Waals surface area contributed by atoms with Gasteiger partial charge in [0.1, 0.15) is 11.5 Å². The molecule has 0 heterocycles. The number of ether oxygens (including phenoxy) is 1. The molecule has 4 rings (SSSR count). The van der Waals surface area contributed by atoms with E-state index >= 15 is 0 Å². The van der Waals surface area contributed by atoms with Crippen molar-refractivity contribution >= 4 is 23.3 Å². The van der Waals surface area contributed by atoms with Crippen LogP contribution in [-0.2, 0) is 32.0 Å². The number of allylic oxidation sites excluding steroid dienone is 1. The van der Waals surface area contributed by atoms with E-state index in [4.69, 9.17) is 4.74 Å². The monoisotopic (exact) mass is 550 g/mol. The highest BCUT2D eigenvalue weighted by atomic mass is 16.5. The zero-order valence-corrected chi connectivity index (χ0v) is 24.9. The molecule has 0 saturated heterocycles. The van der Waals surface area contributed by atoms with Crippen LogP contribution in [0, 0.1) is 16.7 Å². The summed E-state index contributed by atoms with van der Waals surface area (Å²) in [6.07, 6.45) is 0.848. The van der Waals surface area contributed by atoms with Crippen LogP contribution in [0.2, 0.25) is 0 Å². The first-order valence-corrected chi connectivity index (χ1v) is 14.0. The van der Waals surface area contributed by atoms with Gasteiger partial charge < -0.3 is 20.1 Å². The molecule has 1 aromatic carbocycles. The van der Waals surface area contributed by atoms with E-state index in [1.807, 2.05) is 48.5 Å². The van der Waals surface area contributed by atoms with Crippen LogP contribution >= 0.6 is 0 Å². The quantitative estimate of drug-likeness (QED) is 0.391. The van der Waals surface area contributed by atoms with Gasteiger partial charge in [-0.2, -0.15) is 0 Å². The van der Waals surface area contributed by atoms with E-state index in [1.54, 1.807) is 6.07 Å². The summed E-state index contributed by atoms with van der Waals surface area (Å²) in [6.45, 7) is 19.1. The van der Waals surface area contributed by atoms with Crippen molar-refractivity contribution in [1.82, 2.24) is 0 Å². The Kier molecular flexibility index (Phi) is 7.24. The number of hydrogen-bond donors (Lipinski definition) is 3. The SMILES string of the molecule is C=C1C(C(C)=O)=C(C)C[C@@]2(C)C[C@@]3(C)Cc4c(C(C)C)cc(CC(=O)OCC(C)C)c(O)c4C(O)=C3C(=O)[C@@]12O. The Morgan fingerprint density at radius 1 is 1.12 bits per heavy atom. The van der Waals surface area contributed by atoms with Crippen LogP contribution in [0.5, 0.6) is 5.75 Å². The first-order chi connectivity index (χ1) is 18.4. The van der Waals surface area contributed by atoms with Crippen molar-refractivity contribution in [3.8, 4) is 5.75 Å². The van der Waals surface area contributed by atoms with Crippen molar-refractivity contribution < 1.29 is 34.4 Å². The predicted octanol–water partition coefficient (Wildman–Crippen LogP) is 5.66. The lowest BCUT2D eigenvalue weighted by molar-refractivity contribution is -0.153. The molecule has 40 heavy (non-hydrogen) atoms. The fourth-order valence-electron chi connectivity index (χ4n) is 7.54. The highest BCUT2D eigenvalue weighted by Gasteiger charge is 2.66. The summed E-state index contributed by atoms with van der Waals surface area (Å²) >= 11 is 0. The van der Waals surface area contributed by atoms with Crippen LogP contribution < -0.4 is 0 Å². The Morgan fingerprint density at radius 2 is 1.75 bits per heavy atom. The van der Waals surface area contributed by atoms with Gasteiger partial charge in [-0.3, -0.25) is 14.4 Å². The average molecular weight is 551 g/mol. The lowest BCUT2D eigenvalue weighted by Gasteiger charge is -2.58. The molecule has 0 bridgehead atoms. The minimum atomic E-state index is -2.09. The van der Waals surface area contributed by atoms with E-state index in [-0.39, 0.29) is 58.7 Å². The largest absolute Gasteiger partial charge is 0.507 e. The van der Waals surface area contributed by atoms with Crippen molar-refractivity contribution in [3.63, 3.8) is 0 Å². The maximum atomic E-state index is 14.4.